The van der Waals surface area contributed by atoms with Gasteiger partial charge in [-0.25, -0.2) is 0 Å². The quantitative estimate of drug-likeness (QED) is 0.137. The minimum Gasteiger partial charge on any atom is -0.415 e. The molecule has 8 atom stereocenters. The van der Waals surface area contributed by atoms with E-state index >= 15 is 0 Å². The van der Waals surface area contributed by atoms with E-state index in [0.717, 1.165) is 31.4 Å². The Balaban J connectivity index is 1.75. The van der Waals surface area contributed by atoms with Gasteiger partial charge in [0.15, 0.2) is 25.0 Å². The smallest absolute Gasteiger partial charge is 0.185 e. The Morgan fingerprint density at radius 3 is 2.10 bits per heavy atom. The summed E-state index contributed by atoms with van der Waals surface area (Å²) >= 11 is 0. The van der Waals surface area contributed by atoms with Crippen molar-refractivity contribution < 1.29 is 23.0 Å². The van der Waals surface area contributed by atoms with Gasteiger partial charge in [-0.05, 0) is 133 Å². The lowest BCUT2D eigenvalue weighted by molar-refractivity contribution is -0.0968. The SMILES string of the molecule is CO/N=C1\CC2(C)C(CC[C@]2(O[Si](C)(C)C)/C(CO[Si](C)(C)C)=N/OC)C2CC[C@@H]3C[C@H](O[Si](C)(C)C)CCC3(C)C12. The largest absolute Gasteiger partial charge is 0.415 e. The first kappa shape index (κ1) is 34.3. The molecule has 4 rings (SSSR count). The summed E-state index contributed by atoms with van der Waals surface area (Å²) in [6.45, 7) is 26.1. The van der Waals surface area contributed by atoms with Gasteiger partial charge in [-0.1, -0.05) is 24.2 Å². The maximum Gasteiger partial charge on any atom is 0.185 e. The third-order valence-corrected chi connectivity index (χ3v) is 14.0. The van der Waals surface area contributed by atoms with Gasteiger partial charge in [0.25, 0.3) is 0 Å². The summed E-state index contributed by atoms with van der Waals surface area (Å²) < 4.78 is 20.6. The molecular weight excluding hydrogens is 577 g/mol. The average molecular weight is 639 g/mol. The summed E-state index contributed by atoms with van der Waals surface area (Å²) in [7, 11) is -1.99. The molecule has 242 valence electrons. The molecule has 0 amide bonds. The van der Waals surface area contributed by atoms with Gasteiger partial charge in [0.05, 0.1) is 12.3 Å². The summed E-state index contributed by atoms with van der Waals surface area (Å²) in [5.74, 6) is 2.19. The van der Waals surface area contributed by atoms with Crippen molar-refractivity contribution in [2.24, 2.45) is 44.8 Å². The molecule has 5 unspecified atom stereocenters. The van der Waals surface area contributed by atoms with Crippen LogP contribution in [-0.4, -0.2) is 68.9 Å². The first-order valence-electron chi connectivity index (χ1n) is 16.5. The number of hydrogen-bond donors (Lipinski definition) is 0. The van der Waals surface area contributed by atoms with Crippen molar-refractivity contribution in [2.75, 3.05) is 20.8 Å². The molecule has 0 N–H and O–H groups in total. The highest BCUT2D eigenvalue weighted by Gasteiger charge is 2.69. The van der Waals surface area contributed by atoms with E-state index in [-0.39, 0.29) is 10.8 Å². The topological polar surface area (TPSA) is 70.9 Å². The van der Waals surface area contributed by atoms with Crippen molar-refractivity contribution in [3.8, 4) is 0 Å². The molecule has 4 fully saturated rings. The highest BCUT2D eigenvalue weighted by atomic mass is 28.4. The van der Waals surface area contributed by atoms with Gasteiger partial charge >= 0.3 is 0 Å². The lowest BCUT2D eigenvalue weighted by Gasteiger charge is -2.62. The molecule has 7 nitrogen and oxygen atoms in total. The molecule has 0 spiro atoms. The van der Waals surface area contributed by atoms with Gasteiger partial charge in [-0.2, -0.15) is 0 Å². The van der Waals surface area contributed by atoms with Crippen LogP contribution in [0.5, 0.6) is 0 Å². The first-order valence-corrected chi connectivity index (χ1v) is 26.7. The third-order valence-electron chi connectivity index (χ3n) is 11.0. The molecule has 4 saturated carbocycles. The molecule has 0 aliphatic heterocycles. The van der Waals surface area contributed by atoms with Crippen LogP contribution in [0.3, 0.4) is 0 Å². The minimum atomic E-state index is -2.00. The second-order valence-corrected chi connectivity index (χ2v) is 30.6. The van der Waals surface area contributed by atoms with Gasteiger partial charge < -0.3 is 23.0 Å². The summed E-state index contributed by atoms with van der Waals surface area (Å²) in [5.41, 5.74) is 1.67. The Labute approximate surface area is 260 Å². The number of hydrogen-bond acceptors (Lipinski definition) is 7. The maximum atomic E-state index is 7.39. The lowest BCUT2D eigenvalue weighted by Crippen LogP contribution is -2.65. The van der Waals surface area contributed by atoms with Gasteiger partial charge in [0, 0.05) is 17.4 Å². The van der Waals surface area contributed by atoms with Crippen LogP contribution >= 0.6 is 0 Å². The van der Waals surface area contributed by atoms with Crippen LogP contribution < -0.4 is 0 Å². The van der Waals surface area contributed by atoms with Crippen LogP contribution in [0, 0.1) is 34.5 Å². The second kappa shape index (κ2) is 12.0. The van der Waals surface area contributed by atoms with Crippen LogP contribution in [0.15, 0.2) is 10.3 Å². The summed E-state index contributed by atoms with van der Waals surface area (Å²) in [4.78, 5) is 11.2. The molecule has 0 aromatic rings. The van der Waals surface area contributed by atoms with E-state index in [0.29, 0.717) is 36.4 Å². The molecule has 0 aromatic carbocycles. The van der Waals surface area contributed by atoms with E-state index in [2.05, 4.69) is 72.8 Å². The van der Waals surface area contributed by atoms with E-state index in [1.54, 1.807) is 14.2 Å². The number of fused-ring (bicyclic) bond motifs is 5. The predicted molar refractivity (Wildman–Crippen MR) is 181 cm³/mol. The average Bonchev–Trinajstić information content (AvgIpc) is 3.11. The van der Waals surface area contributed by atoms with Crippen LogP contribution in [0.25, 0.3) is 0 Å². The fraction of sp³-hybridized carbons (Fsp3) is 0.938. The van der Waals surface area contributed by atoms with Crippen LogP contribution in [0.2, 0.25) is 58.9 Å². The molecule has 4 aliphatic carbocycles. The Morgan fingerprint density at radius 2 is 1.52 bits per heavy atom. The standard InChI is InChI=1S/C32H62N2O5Si3/c1-30-18-16-24(38-41(8,9)10)20-23(30)14-15-25-26-17-19-32(39-42(11,12)13,28(34-36-4)22-37-40(5,6)7)31(26,2)21-27(29(25)30)33-35-3/h23-26,29H,14-22H2,1-13H3/b33-27+,34-28+/t23-,24-,25?,26?,29?,30?,31?,32+/m1/s1. The molecule has 0 bridgehead atoms. The van der Waals surface area contributed by atoms with Crippen molar-refractivity contribution in [3.05, 3.63) is 0 Å². The summed E-state index contributed by atoms with van der Waals surface area (Å²) in [6, 6.07) is 0. The van der Waals surface area contributed by atoms with Crippen LogP contribution in [0.4, 0.5) is 0 Å². The summed E-state index contributed by atoms with van der Waals surface area (Å²) in [6.07, 6.45) is 9.42. The van der Waals surface area contributed by atoms with Gasteiger partial charge in [0.1, 0.15) is 25.5 Å². The molecular formula is C32H62N2O5Si3. The van der Waals surface area contributed by atoms with Gasteiger partial charge in [0.2, 0.25) is 0 Å². The fourth-order valence-corrected chi connectivity index (χ4v) is 13.0. The Bertz CT molecular complexity index is 1030. The van der Waals surface area contributed by atoms with Gasteiger partial charge in [-0.3, -0.25) is 0 Å². The normalized spacial score (nSPS) is 40.4. The number of rotatable bonds is 10. The van der Waals surface area contributed by atoms with Crippen molar-refractivity contribution >= 4 is 36.4 Å². The van der Waals surface area contributed by atoms with Gasteiger partial charge in [-0.15, -0.1) is 0 Å². The Kier molecular flexibility index (Phi) is 9.82. The zero-order chi connectivity index (χ0) is 31.4. The van der Waals surface area contributed by atoms with E-state index in [1.807, 2.05) is 0 Å². The number of nitrogens with zero attached hydrogens (tertiary/aromatic N) is 2. The fourth-order valence-electron chi connectivity index (χ4n) is 9.71. The monoisotopic (exact) mass is 638 g/mol. The predicted octanol–water partition coefficient (Wildman–Crippen LogP) is 8.31. The van der Waals surface area contributed by atoms with Crippen molar-refractivity contribution in [1.29, 1.82) is 0 Å². The molecule has 0 radical (unpaired) electrons. The lowest BCUT2D eigenvalue weighted by atomic mass is 9.43. The van der Waals surface area contributed by atoms with Crippen LogP contribution in [0.1, 0.15) is 65.2 Å². The van der Waals surface area contributed by atoms with E-state index in [9.17, 15) is 0 Å². The van der Waals surface area contributed by atoms with Crippen molar-refractivity contribution in [2.45, 2.75) is 136 Å². The van der Waals surface area contributed by atoms with E-state index in [1.165, 1.54) is 31.4 Å². The highest BCUT2D eigenvalue weighted by molar-refractivity contribution is 6.70. The summed E-state index contributed by atoms with van der Waals surface area (Å²) in [5, 5.41) is 9.62. The molecule has 10 heteroatoms. The maximum absolute atomic E-state index is 7.39. The zero-order valence-corrected chi connectivity index (χ0v) is 32.2. The molecule has 0 aromatic heterocycles. The Hall–Kier alpha value is -0.529. The second-order valence-electron chi connectivity index (χ2n) is 17.2. The molecule has 42 heavy (non-hydrogen) atoms. The zero-order valence-electron chi connectivity index (χ0n) is 29.2. The number of oxime groups is 2. The van der Waals surface area contributed by atoms with Crippen LogP contribution in [-0.2, 0) is 23.0 Å². The van der Waals surface area contributed by atoms with E-state index in [4.69, 9.17) is 33.3 Å². The molecule has 0 heterocycles. The highest BCUT2D eigenvalue weighted by Crippen LogP contribution is 2.69. The molecule has 0 saturated heterocycles. The van der Waals surface area contributed by atoms with Crippen molar-refractivity contribution in [3.63, 3.8) is 0 Å². The van der Waals surface area contributed by atoms with Crippen molar-refractivity contribution in [1.82, 2.24) is 0 Å². The minimum absolute atomic E-state index is 0.173. The Morgan fingerprint density at radius 1 is 0.833 bits per heavy atom. The third kappa shape index (κ3) is 6.69. The first-order chi connectivity index (χ1) is 19.3. The van der Waals surface area contributed by atoms with E-state index < -0.39 is 30.6 Å². The molecule has 4 aliphatic rings.